The molecule has 11 heteroatoms. The van der Waals surface area contributed by atoms with E-state index >= 15 is 0 Å². The van der Waals surface area contributed by atoms with Gasteiger partial charge >= 0.3 is 0 Å². The Morgan fingerprint density at radius 2 is 1.86 bits per heavy atom. The molecule has 0 aliphatic heterocycles. The van der Waals surface area contributed by atoms with Crippen LogP contribution in [0.1, 0.15) is 27.8 Å². The predicted molar refractivity (Wildman–Crippen MR) is 127 cm³/mol. The lowest BCUT2D eigenvalue weighted by molar-refractivity contribution is -0.125. The van der Waals surface area contributed by atoms with Gasteiger partial charge in [0.15, 0.2) is 5.76 Å². The normalized spacial score (nSPS) is 11.8. The number of furan rings is 1. The van der Waals surface area contributed by atoms with Crippen molar-refractivity contribution in [2.75, 3.05) is 0 Å². The number of nitrogens with one attached hydrogen (secondary N) is 2. The molecule has 0 fully saturated rings. The zero-order valence-electron chi connectivity index (χ0n) is 19.1. The highest BCUT2D eigenvalue weighted by Crippen LogP contribution is 2.25. The number of benzene rings is 2. The first-order valence-electron chi connectivity index (χ1n) is 11.0. The van der Waals surface area contributed by atoms with Crippen LogP contribution in [0.4, 0.5) is 4.39 Å². The Balaban J connectivity index is 1.39. The molecule has 1 atom stereocenters. The summed E-state index contributed by atoms with van der Waals surface area (Å²) >= 11 is 0. The summed E-state index contributed by atoms with van der Waals surface area (Å²) in [6, 6.07) is 17.1. The number of hydrazine groups is 1. The van der Waals surface area contributed by atoms with Crippen molar-refractivity contribution >= 4 is 22.7 Å². The maximum Gasteiger partial charge on any atom is 0.270 e. The maximum atomic E-state index is 13.3. The Hall–Kier alpha value is -4.93. The van der Waals surface area contributed by atoms with Crippen LogP contribution >= 0.6 is 0 Å². The molecule has 0 aliphatic rings. The van der Waals surface area contributed by atoms with Crippen molar-refractivity contribution in [3.05, 3.63) is 95.8 Å². The molecule has 5 rings (SSSR count). The molecule has 0 saturated heterocycles. The van der Waals surface area contributed by atoms with Gasteiger partial charge in [0.25, 0.3) is 11.8 Å². The molecule has 10 nitrogen and oxygen atoms in total. The summed E-state index contributed by atoms with van der Waals surface area (Å²) in [7, 11) is 0. The van der Waals surface area contributed by atoms with Crippen LogP contribution in [-0.4, -0.2) is 37.0 Å². The molecule has 0 radical (unpaired) electrons. The lowest BCUT2D eigenvalue weighted by Gasteiger charge is -2.18. The van der Waals surface area contributed by atoms with Gasteiger partial charge in [0.1, 0.15) is 23.4 Å². The summed E-state index contributed by atoms with van der Waals surface area (Å²) < 4.78 is 20.1. The number of nitrogens with zero attached hydrogens (tertiary/aromatic N) is 5. The van der Waals surface area contributed by atoms with Gasteiger partial charge in [-0.05, 0) is 59.3 Å². The van der Waals surface area contributed by atoms with Gasteiger partial charge in [-0.2, -0.15) is 0 Å². The van der Waals surface area contributed by atoms with E-state index in [2.05, 4.69) is 31.4 Å². The molecule has 0 spiro atoms. The second kappa shape index (κ2) is 9.74. The number of tetrazole rings is 1. The van der Waals surface area contributed by atoms with Gasteiger partial charge in [-0.25, -0.2) is 14.1 Å². The average Bonchev–Trinajstić information content (AvgIpc) is 3.58. The van der Waals surface area contributed by atoms with E-state index in [1.807, 2.05) is 6.07 Å². The van der Waals surface area contributed by atoms with Crippen LogP contribution in [0.2, 0.25) is 0 Å². The standard InChI is InChI=1S/C25H20FN7O3/c1-15-28-31-32-33(15)22(13-16-8-10-17(26)11-9-16)25(35)30-29-24(34)19-14-21(23-7-4-12-36-23)27-20-6-3-2-5-18(19)20/h2-12,14,22H,13H2,1H3,(H,29,34)(H,30,35). The number of hydrogen-bond donors (Lipinski definition) is 2. The van der Waals surface area contributed by atoms with E-state index in [0.29, 0.717) is 39.3 Å². The number of carbonyl (C=O) groups is 2. The summed E-state index contributed by atoms with van der Waals surface area (Å²) in [5.41, 5.74) is 7.04. The molecular weight excluding hydrogens is 465 g/mol. The fourth-order valence-electron chi connectivity index (χ4n) is 3.84. The Labute approximate surface area is 204 Å². The van der Waals surface area contributed by atoms with E-state index in [0.717, 1.165) is 0 Å². The van der Waals surface area contributed by atoms with Gasteiger partial charge in [0.2, 0.25) is 0 Å². The predicted octanol–water partition coefficient (Wildman–Crippen LogP) is 3.17. The fraction of sp³-hybridized carbons (Fsp3) is 0.120. The summed E-state index contributed by atoms with van der Waals surface area (Å²) in [6.07, 6.45) is 1.70. The van der Waals surface area contributed by atoms with Gasteiger partial charge in [0.05, 0.1) is 17.3 Å². The fourth-order valence-corrected chi connectivity index (χ4v) is 3.84. The van der Waals surface area contributed by atoms with Crippen LogP contribution < -0.4 is 10.9 Å². The highest BCUT2D eigenvalue weighted by atomic mass is 19.1. The van der Waals surface area contributed by atoms with Gasteiger partial charge in [-0.1, -0.05) is 30.3 Å². The van der Waals surface area contributed by atoms with Gasteiger partial charge in [0, 0.05) is 11.8 Å². The number of amides is 2. The number of hydrogen-bond acceptors (Lipinski definition) is 7. The Kier molecular flexibility index (Phi) is 6.18. The van der Waals surface area contributed by atoms with Crippen LogP contribution in [0, 0.1) is 12.7 Å². The maximum absolute atomic E-state index is 13.3. The number of aromatic nitrogens is 5. The topological polar surface area (TPSA) is 128 Å². The van der Waals surface area contributed by atoms with Crippen LogP contribution in [0.3, 0.4) is 0 Å². The van der Waals surface area contributed by atoms with Crippen LogP contribution in [0.25, 0.3) is 22.4 Å². The molecule has 3 heterocycles. The second-order valence-electron chi connectivity index (χ2n) is 8.01. The monoisotopic (exact) mass is 485 g/mol. The molecule has 2 aromatic carbocycles. The van der Waals surface area contributed by atoms with Crippen molar-refractivity contribution in [2.45, 2.75) is 19.4 Å². The first kappa shape index (κ1) is 22.8. The molecule has 0 aliphatic carbocycles. The van der Waals surface area contributed by atoms with E-state index in [1.165, 1.54) is 23.1 Å². The third-order valence-corrected chi connectivity index (χ3v) is 5.63. The van der Waals surface area contributed by atoms with Crippen molar-refractivity contribution in [3.8, 4) is 11.5 Å². The molecule has 0 bridgehead atoms. The van der Waals surface area contributed by atoms with Crippen LogP contribution in [0.15, 0.2) is 77.4 Å². The van der Waals surface area contributed by atoms with Gasteiger partial charge < -0.3 is 4.42 Å². The van der Waals surface area contributed by atoms with Crippen molar-refractivity contribution in [2.24, 2.45) is 0 Å². The molecule has 0 saturated carbocycles. The average molecular weight is 485 g/mol. The molecular formula is C25H20FN7O3. The third kappa shape index (κ3) is 4.67. The van der Waals surface area contributed by atoms with Crippen molar-refractivity contribution < 1.29 is 18.4 Å². The van der Waals surface area contributed by atoms with Gasteiger partial charge in [-0.15, -0.1) is 5.10 Å². The van der Waals surface area contributed by atoms with Crippen molar-refractivity contribution in [3.63, 3.8) is 0 Å². The number of para-hydroxylation sites is 1. The Morgan fingerprint density at radius 1 is 1.06 bits per heavy atom. The number of fused-ring (bicyclic) bond motifs is 1. The minimum absolute atomic E-state index is 0.175. The summed E-state index contributed by atoms with van der Waals surface area (Å²) in [6.45, 7) is 1.66. The van der Waals surface area contributed by atoms with E-state index in [-0.39, 0.29) is 12.2 Å². The van der Waals surface area contributed by atoms with Crippen molar-refractivity contribution in [1.29, 1.82) is 0 Å². The molecule has 36 heavy (non-hydrogen) atoms. The van der Waals surface area contributed by atoms with Crippen molar-refractivity contribution in [1.82, 2.24) is 36.0 Å². The number of carbonyl (C=O) groups excluding carboxylic acids is 2. The van der Waals surface area contributed by atoms with E-state index in [9.17, 15) is 14.0 Å². The number of halogens is 1. The molecule has 2 N–H and O–H groups in total. The SMILES string of the molecule is Cc1nnnn1C(Cc1ccc(F)cc1)C(=O)NNC(=O)c1cc(-c2ccco2)nc2ccccc12. The smallest absolute Gasteiger partial charge is 0.270 e. The van der Waals surface area contributed by atoms with Gasteiger partial charge in [-0.3, -0.25) is 20.4 Å². The largest absolute Gasteiger partial charge is 0.463 e. The second-order valence-corrected chi connectivity index (χ2v) is 8.01. The quantitative estimate of drug-likeness (QED) is 0.354. The Morgan fingerprint density at radius 3 is 2.58 bits per heavy atom. The minimum atomic E-state index is -0.890. The number of pyridine rings is 1. The highest BCUT2D eigenvalue weighted by molar-refractivity contribution is 6.07. The molecule has 3 aromatic heterocycles. The number of aryl methyl sites for hydroxylation is 1. The lowest BCUT2D eigenvalue weighted by atomic mass is 10.1. The zero-order valence-corrected chi connectivity index (χ0v) is 19.1. The molecule has 180 valence electrons. The number of rotatable bonds is 6. The minimum Gasteiger partial charge on any atom is -0.463 e. The summed E-state index contributed by atoms with van der Waals surface area (Å²) in [5, 5.41) is 12.0. The zero-order chi connectivity index (χ0) is 25.1. The summed E-state index contributed by atoms with van der Waals surface area (Å²) in [5.74, 6) is -0.556. The molecule has 5 aromatic rings. The molecule has 2 amide bonds. The Bertz CT molecular complexity index is 1530. The first-order valence-corrected chi connectivity index (χ1v) is 11.0. The van der Waals surface area contributed by atoms with Crippen LogP contribution in [-0.2, 0) is 11.2 Å². The first-order chi connectivity index (χ1) is 17.5. The van der Waals surface area contributed by atoms with Crippen LogP contribution in [0.5, 0.6) is 0 Å². The lowest BCUT2D eigenvalue weighted by Crippen LogP contribution is -2.46. The highest BCUT2D eigenvalue weighted by Gasteiger charge is 2.25. The van der Waals surface area contributed by atoms with E-state index < -0.39 is 17.9 Å². The third-order valence-electron chi connectivity index (χ3n) is 5.63. The molecule has 1 unspecified atom stereocenters. The van der Waals surface area contributed by atoms with E-state index in [1.54, 1.807) is 55.5 Å². The van der Waals surface area contributed by atoms with E-state index in [4.69, 9.17) is 4.42 Å². The summed E-state index contributed by atoms with van der Waals surface area (Å²) in [4.78, 5) is 30.9.